The molecule has 6 heteroatoms. The largest absolute Gasteiger partial charge is 0.479 e. The molecule has 0 saturated heterocycles. The van der Waals surface area contributed by atoms with Crippen molar-refractivity contribution in [3.05, 3.63) is 74.2 Å². The lowest BCUT2D eigenvalue weighted by Gasteiger charge is -2.30. The second kappa shape index (κ2) is 9.25. The number of fused-ring (bicyclic) bond motifs is 1. The lowest BCUT2D eigenvalue weighted by atomic mass is 9.79. The smallest absolute Gasteiger partial charge is 0.337 e. The van der Waals surface area contributed by atoms with Crippen molar-refractivity contribution in [1.29, 1.82) is 0 Å². The van der Waals surface area contributed by atoms with E-state index in [1.165, 1.54) is 11.1 Å². The van der Waals surface area contributed by atoms with Crippen molar-refractivity contribution in [3.8, 4) is 11.1 Å². The van der Waals surface area contributed by atoms with Gasteiger partial charge in [0.25, 0.3) is 0 Å². The summed E-state index contributed by atoms with van der Waals surface area (Å²) in [5.74, 6) is -0.779. The summed E-state index contributed by atoms with van der Waals surface area (Å²) in [4.78, 5) is 31.2. The Labute approximate surface area is 212 Å². The summed E-state index contributed by atoms with van der Waals surface area (Å²) < 4.78 is 6.14. The molecule has 2 aromatic carbocycles. The van der Waals surface area contributed by atoms with E-state index in [9.17, 15) is 14.7 Å². The van der Waals surface area contributed by atoms with E-state index in [2.05, 4.69) is 68.0 Å². The number of aromatic nitrogens is 2. The molecule has 1 heterocycles. The van der Waals surface area contributed by atoms with Crippen LogP contribution in [0.2, 0.25) is 0 Å². The number of carboxylic acid groups (broad SMARTS) is 1. The van der Waals surface area contributed by atoms with E-state index in [0.717, 1.165) is 39.8 Å². The predicted molar refractivity (Wildman–Crippen MR) is 145 cm³/mol. The highest BCUT2D eigenvalue weighted by molar-refractivity contribution is 6.02. The van der Waals surface area contributed by atoms with Gasteiger partial charge in [-0.15, -0.1) is 0 Å². The van der Waals surface area contributed by atoms with E-state index < -0.39 is 17.7 Å². The van der Waals surface area contributed by atoms with Gasteiger partial charge >= 0.3 is 11.7 Å². The van der Waals surface area contributed by atoms with Crippen molar-refractivity contribution < 1.29 is 14.6 Å². The average molecular weight is 489 g/mol. The first-order chi connectivity index (χ1) is 16.8. The van der Waals surface area contributed by atoms with Gasteiger partial charge in [0, 0.05) is 11.1 Å². The third-order valence-electron chi connectivity index (χ3n) is 7.19. The monoisotopic (exact) mass is 488 g/mol. The van der Waals surface area contributed by atoms with Crippen molar-refractivity contribution in [1.82, 2.24) is 9.97 Å². The number of ether oxygens (including phenoxy) is 1. The Bertz CT molecular complexity index is 1480. The molecule has 0 aliphatic heterocycles. The SMILES string of the molecule is CC1=CC=C(c2c(C)c(-c3ccc(C)c(C)c3)c3[nH]c(=O)[nH]c3c2C(OC(C)(C)C)C(=O)O)CC1C. The van der Waals surface area contributed by atoms with Crippen molar-refractivity contribution in [3.63, 3.8) is 0 Å². The van der Waals surface area contributed by atoms with Gasteiger partial charge in [0.15, 0.2) is 6.10 Å². The van der Waals surface area contributed by atoms with Gasteiger partial charge in [0.05, 0.1) is 16.6 Å². The fourth-order valence-corrected chi connectivity index (χ4v) is 5.07. The lowest BCUT2D eigenvalue weighted by Crippen LogP contribution is -2.28. The van der Waals surface area contributed by atoms with Crippen LogP contribution in [0.3, 0.4) is 0 Å². The highest BCUT2D eigenvalue weighted by Crippen LogP contribution is 2.45. The number of allylic oxidation sites excluding steroid dienone is 4. The Kier molecular flexibility index (Phi) is 6.60. The van der Waals surface area contributed by atoms with E-state index in [4.69, 9.17) is 4.74 Å². The van der Waals surface area contributed by atoms with Gasteiger partial charge in [-0.2, -0.15) is 0 Å². The molecule has 0 fully saturated rings. The molecule has 0 bridgehead atoms. The molecule has 6 nitrogen and oxygen atoms in total. The van der Waals surface area contributed by atoms with Crippen LogP contribution >= 0.6 is 0 Å². The molecular formula is C30H36N2O4. The molecule has 0 radical (unpaired) electrons. The zero-order valence-electron chi connectivity index (χ0n) is 22.4. The van der Waals surface area contributed by atoms with Crippen LogP contribution in [0.1, 0.15) is 75.0 Å². The molecule has 0 saturated carbocycles. The number of benzene rings is 2. The van der Waals surface area contributed by atoms with Gasteiger partial charge in [0.2, 0.25) is 0 Å². The molecule has 4 rings (SSSR count). The molecule has 1 aliphatic rings. The second-order valence-corrected chi connectivity index (χ2v) is 11.1. The fraction of sp³-hybridized carbons (Fsp3) is 0.400. The van der Waals surface area contributed by atoms with E-state index in [1.807, 2.05) is 27.7 Å². The normalized spacial score (nSPS) is 17.2. The molecule has 0 amide bonds. The fourth-order valence-electron chi connectivity index (χ4n) is 5.07. The minimum Gasteiger partial charge on any atom is -0.479 e. The van der Waals surface area contributed by atoms with Crippen LogP contribution in [-0.4, -0.2) is 26.6 Å². The highest BCUT2D eigenvalue weighted by atomic mass is 16.5. The summed E-state index contributed by atoms with van der Waals surface area (Å²) in [5, 5.41) is 10.4. The quantitative estimate of drug-likeness (QED) is 0.370. The molecular weight excluding hydrogens is 452 g/mol. The first-order valence-electron chi connectivity index (χ1n) is 12.4. The number of aromatic amines is 2. The van der Waals surface area contributed by atoms with Crippen molar-refractivity contribution in [2.45, 2.75) is 73.5 Å². The van der Waals surface area contributed by atoms with Crippen LogP contribution in [0.4, 0.5) is 0 Å². The Balaban J connectivity index is 2.17. The van der Waals surface area contributed by atoms with Crippen LogP contribution in [0.25, 0.3) is 27.7 Å². The van der Waals surface area contributed by atoms with Crippen molar-refractivity contribution in [2.75, 3.05) is 0 Å². The predicted octanol–water partition coefficient (Wildman–Crippen LogP) is 6.76. The van der Waals surface area contributed by atoms with Gasteiger partial charge in [-0.1, -0.05) is 42.8 Å². The summed E-state index contributed by atoms with van der Waals surface area (Å²) in [7, 11) is 0. The van der Waals surface area contributed by atoms with E-state index in [-0.39, 0.29) is 5.69 Å². The molecule has 3 N–H and O–H groups in total. The van der Waals surface area contributed by atoms with Gasteiger partial charge in [-0.25, -0.2) is 9.59 Å². The molecule has 1 aliphatic carbocycles. The Morgan fingerprint density at radius 3 is 2.28 bits per heavy atom. The summed E-state index contributed by atoms with van der Waals surface area (Å²) >= 11 is 0. The maximum absolute atomic E-state index is 12.7. The summed E-state index contributed by atoms with van der Waals surface area (Å²) in [6.07, 6.45) is 3.69. The van der Waals surface area contributed by atoms with E-state index in [1.54, 1.807) is 0 Å². The zero-order chi connectivity index (χ0) is 26.5. The van der Waals surface area contributed by atoms with Crippen LogP contribution in [0.15, 0.2) is 40.7 Å². The van der Waals surface area contributed by atoms with Crippen LogP contribution < -0.4 is 5.69 Å². The Morgan fingerprint density at radius 1 is 1.03 bits per heavy atom. The average Bonchev–Trinajstić information content (AvgIpc) is 3.15. The number of aliphatic carboxylic acids is 1. The number of nitrogens with one attached hydrogen (secondary N) is 2. The minimum atomic E-state index is -1.26. The minimum absolute atomic E-state index is 0.315. The summed E-state index contributed by atoms with van der Waals surface area (Å²) in [6.45, 7) is 15.9. The molecule has 0 spiro atoms. The van der Waals surface area contributed by atoms with E-state index >= 15 is 0 Å². The Morgan fingerprint density at radius 2 is 1.69 bits per heavy atom. The number of hydrogen-bond acceptors (Lipinski definition) is 3. The second-order valence-electron chi connectivity index (χ2n) is 11.1. The number of H-pyrrole nitrogens is 2. The molecule has 2 unspecified atom stereocenters. The van der Waals surface area contributed by atoms with Crippen LogP contribution in [0, 0.1) is 26.7 Å². The number of rotatable bonds is 5. The summed E-state index contributed by atoms with van der Waals surface area (Å²) in [6, 6.07) is 6.25. The first kappa shape index (κ1) is 25.7. The molecule has 3 aromatic rings. The first-order valence-corrected chi connectivity index (χ1v) is 12.4. The van der Waals surface area contributed by atoms with Crippen LogP contribution in [0.5, 0.6) is 0 Å². The standard InChI is InChI=1S/C30H36N2O4/c1-15-9-11-20(13-17(15)3)22-19(5)23(21-12-10-16(2)18(4)14-21)25-26(32-29(35)31-25)24(22)27(28(33)34)36-30(6,7)8/h9-12,14,17,27H,13H2,1-8H3,(H,33,34)(H2,31,32,35). The van der Waals surface area contributed by atoms with E-state index in [0.29, 0.717) is 22.5 Å². The molecule has 1 aromatic heterocycles. The van der Waals surface area contributed by atoms with Gasteiger partial charge in [0.1, 0.15) is 0 Å². The van der Waals surface area contributed by atoms with Crippen molar-refractivity contribution >= 4 is 22.6 Å². The lowest BCUT2D eigenvalue weighted by molar-refractivity contribution is -0.160. The molecule has 2 atom stereocenters. The number of carbonyl (C=O) groups is 1. The third kappa shape index (κ3) is 4.70. The van der Waals surface area contributed by atoms with Crippen molar-refractivity contribution in [2.24, 2.45) is 5.92 Å². The number of carboxylic acids is 1. The zero-order valence-corrected chi connectivity index (χ0v) is 22.4. The molecule has 190 valence electrons. The summed E-state index contributed by atoms with van der Waals surface area (Å²) in [5.41, 5.74) is 8.74. The molecule has 36 heavy (non-hydrogen) atoms. The maximum atomic E-state index is 12.7. The number of hydrogen-bond donors (Lipinski definition) is 3. The third-order valence-corrected chi connectivity index (χ3v) is 7.19. The number of imidazole rings is 1. The highest BCUT2D eigenvalue weighted by Gasteiger charge is 2.35. The topological polar surface area (TPSA) is 95.2 Å². The van der Waals surface area contributed by atoms with Gasteiger partial charge < -0.3 is 19.8 Å². The van der Waals surface area contributed by atoms with Crippen LogP contribution in [-0.2, 0) is 9.53 Å². The van der Waals surface area contributed by atoms with Gasteiger partial charge in [-0.3, -0.25) is 0 Å². The Hall–Kier alpha value is -3.38. The number of aryl methyl sites for hydroxylation is 2. The maximum Gasteiger partial charge on any atom is 0.337 e. The van der Waals surface area contributed by atoms with Gasteiger partial charge in [-0.05, 0) is 94.2 Å².